The Balaban J connectivity index is 1.45. The van der Waals surface area contributed by atoms with Gasteiger partial charge in [0, 0.05) is 24.5 Å². The average molecular weight is 441 g/mol. The molecule has 4 rings (SSSR count). The number of benzene rings is 2. The molecule has 1 aliphatic carbocycles. The van der Waals surface area contributed by atoms with E-state index in [2.05, 4.69) is 36.4 Å². The number of carbonyl (C=O) groups is 1. The fourth-order valence-corrected chi connectivity index (χ4v) is 4.43. The quantitative estimate of drug-likeness (QED) is 0.398. The predicted molar refractivity (Wildman–Crippen MR) is 121 cm³/mol. The lowest BCUT2D eigenvalue weighted by atomic mass is 9.93. The average Bonchev–Trinajstić information content (AvgIpc) is 3.55. The van der Waals surface area contributed by atoms with Gasteiger partial charge in [-0.2, -0.15) is 0 Å². The van der Waals surface area contributed by atoms with Gasteiger partial charge in [-0.3, -0.25) is 4.79 Å². The molecule has 0 spiro atoms. The van der Waals surface area contributed by atoms with Crippen LogP contribution >= 0.6 is 11.6 Å². The van der Waals surface area contributed by atoms with Gasteiger partial charge >= 0.3 is 5.97 Å². The lowest BCUT2D eigenvalue weighted by molar-refractivity contribution is -0.145. The van der Waals surface area contributed by atoms with E-state index in [9.17, 15) is 4.79 Å². The summed E-state index contributed by atoms with van der Waals surface area (Å²) in [6.45, 7) is 2.43. The van der Waals surface area contributed by atoms with Crippen LogP contribution in [0.1, 0.15) is 54.5 Å². The number of esters is 1. The standard InChI is InChI=1S/C26H29ClO4/c1-18(28)30-16-23-4-3-5-25(31-23)20-8-11-24(27)21(15-20)14-19-6-9-22(10-7-19)26(12-13-26)17-29-2/h3-4,6-11,15,23,25H,5,12-14,16-17H2,1-2H3/t23-,25+/m1/s1. The molecule has 4 nitrogen and oxygen atoms in total. The van der Waals surface area contributed by atoms with Crippen molar-refractivity contribution in [2.24, 2.45) is 0 Å². The van der Waals surface area contributed by atoms with E-state index in [1.807, 2.05) is 18.2 Å². The van der Waals surface area contributed by atoms with Gasteiger partial charge in [0.05, 0.1) is 12.7 Å². The predicted octanol–water partition coefficient (Wildman–Crippen LogP) is 5.56. The third kappa shape index (κ3) is 5.38. The second-order valence-corrected chi connectivity index (χ2v) is 8.97. The normalized spacial score (nSPS) is 21.6. The van der Waals surface area contributed by atoms with Crippen LogP contribution in [0.4, 0.5) is 0 Å². The monoisotopic (exact) mass is 440 g/mol. The number of carbonyl (C=O) groups excluding carboxylic acids is 1. The molecular weight excluding hydrogens is 412 g/mol. The summed E-state index contributed by atoms with van der Waals surface area (Å²) in [4.78, 5) is 11.1. The highest BCUT2D eigenvalue weighted by Gasteiger charge is 2.44. The van der Waals surface area contributed by atoms with Crippen molar-refractivity contribution in [1.82, 2.24) is 0 Å². The maximum atomic E-state index is 11.1. The van der Waals surface area contributed by atoms with Crippen molar-refractivity contribution in [3.05, 3.63) is 81.9 Å². The van der Waals surface area contributed by atoms with Crippen molar-refractivity contribution in [3.8, 4) is 0 Å². The first-order chi connectivity index (χ1) is 15.0. The lowest BCUT2D eigenvalue weighted by Crippen LogP contribution is -2.24. The van der Waals surface area contributed by atoms with Gasteiger partial charge in [-0.1, -0.05) is 60.2 Å². The Morgan fingerprint density at radius 3 is 2.65 bits per heavy atom. The number of hydrogen-bond acceptors (Lipinski definition) is 4. The SMILES string of the molecule is COCC1(c2ccc(Cc3cc([C@@H]4CC=C[C@H](COC(C)=O)O4)ccc3Cl)cc2)CC1. The number of halogens is 1. The van der Waals surface area contributed by atoms with Crippen molar-refractivity contribution in [3.63, 3.8) is 0 Å². The molecule has 0 bridgehead atoms. The lowest BCUT2D eigenvalue weighted by Gasteiger charge is -2.26. The highest BCUT2D eigenvalue weighted by molar-refractivity contribution is 6.31. The zero-order chi connectivity index (χ0) is 21.8. The first kappa shape index (κ1) is 22.1. The van der Waals surface area contributed by atoms with Crippen molar-refractivity contribution >= 4 is 17.6 Å². The molecule has 0 saturated heterocycles. The van der Waals surface area contributed by atoms with Gasteiger partial charge in [0.2, 0.25) is 0 Å². The molecule has 1 saturated carbocycles. The minimum atomic E-state index is -0.297. The number of ether oxygens (including phenoxy) is 3. The Morgan fingerprint density at radius 2 is 1.97 bits per heavy atom. The van der Waals surface area contributed by atoms with E-state index < -0.39 is 0 Å². The maximum Gasteiger partial charge on any atom is 0.302 e. The molecule has 0 aromatic heterocycles. The molecule has 1 heterocycles. The highest BCUT2D eigenvalue weighted by Crippen LogP contribution is 2.48. The molecule has 2 aromatic rings. The van der Waals surface area contributed by atoms with E-state index in [1.54, 1.807) is 7.11 Å². The van der Waals surface area contributed by atoms with Crippen LogP contribution in [0.5, 0.6) is 0 Å². The molecular formula is C26H29ClO4. The van der Waals surface area contributed by atoms with Gasteiger partial charge < -0.3 is 14.2 Å². The van der Waals surface area contributed by atoms with E-state index in [-0.39, 0.29) is 30.2 Å². The molecule has 0 amide bonds. The van der Waals surface area contributed by atoms with Crippen LogP contribution in [0, 0.1) is 0 Å². The summed E-state index contributed by atoms with van der Waals surface area (Å²) in [5, 5.41) is 0.758. The topological polar surface area (TPSA) is 44.8 Å². The molecule has 2 aliphatic rings. The molecule has 1 aliphatic heterocycles. The van der Waals surface area contributed by atoms with Crippen LogP contribution in [0.15, 0.2) is 54.6 Å². The van der Waals surface area contributed by atoms with Gasteiger partial charge in [-0.25, -0.2) is 0 Å². The van der Waals surface area contributed by atoms with Crippen LogP contribution in [-0.2, 0) is 30.8 Å². The third-order valence-electron chi connectivity index (χ3n) is 6.17. The van der Waals surface area contributed by atoms with Crippen LogP contribution < -0.4 is 0 Å². The molecule has 31 heavy (non-hydrogen) atoms. The smallest absolute Gasteiger partial charge is 0.302 e. The number of hydrogen-bond donors (Lipinski definition) is 0. The van der Waals surface area contributed by atoms with E-state index in [0.29, 0.717) is 0 Å². The second-order valence-electron chi connectivity index (χ2n) is 8.57. The summed E-state index contributed by atoms with van der Waals surface area (Å²) in [6.07, 6.45) is 7.68. The first-order valence-electron chi connectivity index (χ1n) is 10.8. The highest BCUT2D eigenvalue weighted by atomic mass is 35.5. The summed E-state index contributed by atoms with van der Waals surface area (Å²) < 4.78 is 16.6. The fraction of sp³-hybridized carbons (Fsp3) is 0.423. The number of methoxy groups -OCH3 is 1. The molecule has 5 heteroatoms. The van der Waals surface area contributed by atoms with E-state index >= 15 is 0 Å². The van der Waals surface area contributed by atoms with Crippen LogP contribution in [0.3, 0.4) is 0 Å². The molecule has 1 fully saturated rings. The van der Waals surface area contributed by atoms with E-state index in [4.69, 9.17) is 25.8 Å². The second kappa shape index (κ2) is 9.56. The van der Waals surface area contributed by atoms with Crippen LogP contribution in [0.2, 0.25) is 5.02 Å². The van der Waals surface area contributed by atoms with Gasteiger partial charge in [-0.15, -0.1) is 0 Å². The molecule has 0 radical (unpaired) electrons. The van der Waals surface area contributed by atoms with Gasteiger partial charge in [0.15, 0.2) is 0 Å². The van der Waals surface area contributed by atoms with Crippen LogP contribution in [0.25, 0.3) is 0 Å². The van der Waals surface area contributed by atoms with Gasteiger partial charge in [0.25, 0.3) is 0 Å². The Hall–Kier alpha value is -2.14. The Kier molecular flexibility index (Phi) is 6.80. The summed E-state index contributed by atoms with van der Waals surface area (Å²) in [5.74, 6) is -0.297. The zero-order valence-electron chi connectivity index (χ0n) is 18.1. The molecule has 0 unspecified atom stereocenters. The summed E-state index contributed by atoms with van der Waals surface area (Å²) in [7, 11) is 1.77. The third-order valence-corrected chi connectivity index (χ3v) is 6.54. The minimum absolute atomic E-state index is 0.0762. The molecule has 2 aromatic carbocycles. The Bertz CT molecular complexity index is 946. The maximum absolute atomic E-state index is 11.1. The van der Waals surface area contributed by atoms with Crippen molar-refractivity contribution in [2.75, 3.05) is 20.3 Å². The molecule has 0 N–H and O–H groups in total. The minimum Gasteiger partial charge on any atom is -0.463 e. The van der Waals surface area contributed by atoms with Crippen molar-refractivity contribution in [1.29, 1.82) is 0 Å². The number of rotatable bonds is 8. The molecule has 2 atom stereocenters. The summed E-state index contributed by atoms with van der Waals surface area (Å²) in [5.41, 5.74) is 4.98. The molecule has 164 valence electrons. The Morgan fingerprint density at radius 1 is 1.19 bits per heavy atom. The summed E-state index contributed by atoms with van der Waals surface area (Å²) >= 11 is 6.52. The van der Waals surface area contributed by atoms with Crippen molar-refractivity contribution < 1.29 is 19.0 Å². The van der Waals surface area contributed by atoms with E-state index in [1.165, 1.54) is 30.9 Å². The largest absolute Gasteiger partial charge is 0.463 e. The zero-order valence-corrected chi connectivity index (χ0v) is 18.9. The first-order valence-corrected chi connectivity index (χ1v) is 11.2. The fourth-order valence-electron chi connectivity index (χ4n) is 4.24. The van der Waals surface area contributed by atoms with Gasteiger partial charge in [-0.05, 0) is 54.0 Å². The summed E-state index contributed by atoms with van der Waals surface area (Å²) in [6, 6.07) is 15.0. The Labute approximate surface area is 189 Å². The van der Waals surface area contributed by atoms with E-state index in [0.717, 1.165) is 35.6 Å². The van der Waals surface area contributed by atoms with Gasteiger partial charge in [0.1, 0.15) is 12.7 Å². The van der Waals surface area contributed by atoms with Crippen molar-refractivity contribution in [2.45, 2.75) is 50.2 Å². The van der Waals surface area contributed by atoms with Crippen LogP contribution in [-0.4, -0.2) is 32.4 Å².